The van der Waals surface area contributed by atoms with Crippen molar-refractivity contribution in [1.29, 1.82) is 0 Å². The second kappa shape index (κ2) is 7.73. The van der Waals surface area contributed by atoms with Gasteiger partial charge in [-0.1, -0.05) is 6.92 Å². The molecular weight excluding hydrogens is 274 g/mol. The third kappa shape index (κ3) is 5.31. The van der Waals surface area contributed by atoms with Crippen LogP contribution in [0.2, 0.25) is 0 Å². The van der Waals surface area contributed by atoms with Crippen LogP contribution >= 0.6 is 0 Å². The van der Waals surface area contributed by atoms with Crippen molar-refractivity contribution >= 4 is 10.0 Å². The molecule has 0 aromatic rings. The van der Waals surface area contributed by atoms with Gasteiger partial charge in [-0.05, 0) is 64.2 Å². The van der Waals surface area contributed by atoms with Crippen LogP contribution in [-0.2, 0) is 10.0 Å². The first kappa shape index (κ1) is 16.2. The highest BCUT2D eigenvalue weighted by Crippen LogP contribution is 2.16. The zero-order valence-corrected chi connectivity index (χ0v) is 13.4. The number of sulfonamides is 1. The average molecular weight is 303 g/mol. The Kier molecular flexibility index (Phi) is 6.26. The lowest BCUT2D eigenvalue weighted by atomic mass is 9.97. The van der Waals surface area contributed by atoms with Crippen molar-refractivity contribution in [3.63, 3.8) is 0 Å². The summed E-state index contributed by atoms with van der Waals surface area (Å²) in [4.78, 5) is 2.50. The Bertz CT molecular complexity index is 372. The summed E-state index contributed by atoms with van der Waals surface area (Å²) in [5.41, 5.74) is 0. The molecule has 1 unspecified atom stereocenters. The lowest BCUT2D eigenvalue weighted by Gasteiger charge is -2.35. The summed E-state index contributed by atoms with van der Waals surface area (Å²) >= 11 is 0. The van der Waals surface area contributed by atoms with Crippen LogP contribution < -0.4 is 10.0 Å². The summed E-state index contributed by atoms with van der Waals surface area (Å²) in [6.07, 6.45) is 5.20. The van der Waals surface area contributed by atoms with Gasteiger partial charge in [0.2, 0.25) is 10.0 Å². The second-order valence-corrected chi connectivity index (χ2v) is 8.10. The number of piperidine rings is 2. The molecule has 2 aliphatic rings. The van der Waals surface area contributed by atoms with E-state index in [0.29, 0.717) is 6.42 Å². The summed E-state index contributed by atoms with van der Waals surface area (Å²) in [5, 5.41) is 3.46. The Morgan fingerprint density at radius 3 is 2.60 bits per heavy atom. The van der Waals surface area contributed by atoms with Crippen LogP contribution in [0.4, 0.5) is 0 Å². The van der Waals surface area contributed by atoms with Crippen molar-refractivity contribution in [2.45, 2.75) is 45.1 Å². The first-order valence-electron chi connectivity index (χ1n) is 8.02. The SMILES string of the molecule is CCCS(=O)(=O)NC1CCN(CC2CCCNC2)CC1. The van der Waals surface area contributed by atoms with E-state index in [2.05, 4.69) is 14.9 Å². The van der Waals surface area contributed by atoms with Crippen molar-refractivity contribution in [2.75, 3.05) is 38.5 Å². The minimum absolute atomic E-state index is 0.146. The molecule has 2 N–H and O–H groups in total. The normalized spacial score (nSPS) is 26.8. The van der Waals surface area contributed by atoms with E-state index in [1.165, 1.54) is 19.4 Å². The number of rotatable bonds is 6. The molecule has 2 aliphatic heterocycles. The van der Waals surface area contributed by atoms with Gasteiger partial charge >= 0.3 is 0 Å². The molecule has 0 saturated carbocycles. The Morgan fingerprint density at radius 1 is 1.25 bits per heavy atom. The predicted octanol–water partition coefficient (Wildman–Crippen LogP) is 0.780. The van der Waals surface area contributed by atoms with Gasteiger partial charge in [-0.25, -0.2) is 13.1 Å². The Morgan fingerprint density at radius 2 is 2.00 bits per heavy atom. The Balaban J connectivity index is 1.69. The zero-order chi connectivity index (χ0) is 14.4. The molecule has 20 heavy (non-hydrogen) atoms. The molecular formula is C14H29N3O2S. The topological polar surface area (TPSA) is 61.4 Å². The molecule has 0 aliphatic carbocycles. The van der Waals surface area contributed by atoms with Gasteiger partial charge in [0.15, 0.2) is 0 Å². The van der Waals surface area contributed by atoms with Gasteiger partial charge in [-0.3, -0.25) is 0 Å². The molecule has 0 aromatic carbocycles. The van der Waals surface area contributed by atoms with E-state index < -0.39 is 10.0 Å². The predicted molar refractivity (Wildman–Crippen MR) is 82.3 cm³/mol. The van der Waals surface area contributed by atoms with Crippen molar-refractivity contribution in [2.24, 2.45) is 5.92 Å². The third-order valence-electron chi connectivity index (χ3n) is 4.32. The van der Waals surface area contributed by atoms with E-state index in [-0.39, 0.29) is 11.8 Å². The molecule has 2 saturated heterocycles. The maximum Gasteiger partial charge on any atom is 0.211 e. The molecule has 118 valence electrons. The zero-order valence-electron chi connectivity index (χ0n) is 12.6. The average Bonchev–Trinajstić information content (AvgIpc) is 2.42. The molecule has 2 fully saturated rings. The number of nitrogens with zero attached hydrogens (tertiary/aromatic N) is 1. The van der Waals surface area contributed by atoms with Gasteiger partial charge in [0.05, 0.1) is 5.75 Å². The Hall–Kier alpha value is -0.170. The van der Waals surface area contributed by atoms with Crippen molar-refractivity contribution in [3.8, 4) is 0 Å². The molecule has 0 radical (unpaired) electrons. The van der Waals surface area contributed by atoms with Gasteiger partial charge in [0, 0.05) is 12.6 Å². The quantitative estimate of drug-likeness (QED) is 0.761. The Labute approximate surface area is 123 Å². The highest BCUT2D eigenvalue weighted by atomic mass is 32.2. The van der Waals surface area contributed by atoms with Crippen LogP contribution in [0.15, 0.2) is 0 Å². The minimum Gasteiger partial charge on any atom is -0.316 e. The molecule has 2 rings (SSSR count). The molecule has 0 spiro atoms. The third-order valence-corrected chi connectivity index (χ3v) is 5.96. The summed E-state index contributed by atoms with van der Waals surface area (Å²) in [6.45, 7) is 7.42. The fourth-order valence-corrected chi connectivity index (χ4v) is 4.66. The van der Waals surface area contributed by atoms with Crippen LogP contribution in [0, 0.1) is 5.92 Å². The van der Waals surface area contributed by atoms with Gasteiger partial charge < -0.3 is 10.2 Å². The van der Waals surface area contributed by atoms with E-state index in [1.807, 2.05) is 6.92 Å². The van der Waals surface area contributed by atoms with Gasteiger partial charge in [-0.2, -0.15) is 0 Å². The van der Waals surface area contributed by atoms with Crippen LogP contribution in [0.25, 0.3) is 0 Å². The van der Waals surface area contributed by atoms with Crippen molar-refractivity contribution in [1.82, 2.24) is 14.9 Å². The van der Waals surface area contributed by atoms with E-state index in [4.69, 9.17) is 0 Å². The van der Waals surface area contributed by atoms with E-state index in [9.17, 15) is 8.42 Å². The van der Waals surface area contributed by atoms with Crippen molar-refractivity contribution in [3.05, 3.63) is 0 Å². The number of hydrogen-bond donors (Lipinski definition) is 2. The van der Waals surface area contributed by atoms with Crippen LogP contribution in [0.5, 0.6) is 0 Å². The first-order valence-corrected chi connectivity index (χ1v) is 9.67. The van der Waals surface area contributed by atoms with Crippen LogP contribution in [0.1, 0.15) is 39.0 Å². The highest BCUT2D eigenvalue weighted by molar-refractivity contribution is 7.89. The van der Waals surface area contributed by atoms with Crippen LogP contribution in [-0.4, -0.2) is 57.8 Å². The lowest BCUT2D eigenvalue weighted by molar-refractivity contribution is 0.166. The maximum absolute atomic E-state index is 11.8. The summed E-state index contributed by atoms with van der Waals surface area (Å²) in [5.74, 6) is 1.03. The molecule has 0 bridgehead atoms. The molecule has 6 heteroatoms. The maximum atomic E-state index is 11.8. The van der Waals surface area contributed by atoms with E-state index in [1.54, 1.807) is 0 Å². The number of likely N-dealkylation sites (tertiary alicyclic amines) is 1. The monoisotopic (exact) mass is 303 g/mol. The molecule has 0 amide bonds. The summed E-state index contributed by atoms with van der Waals surface area (Å²) in [7, 11) is -3.05. The standard InChI is InChI=1S/C14H29N3O2S/c1-2-10-20(18,19)16-14-5-8-17(9-6-14)12-13-4-3-7-15-11-13/h13-16H,2-12H2,1H3. The fourth-order valence-electron chi connectivity index (χ4n) is 3.26. The van der Waals surface area contributed by atoms with E-state index >= 15 is 0 Å². The number of hydrogen-bond acceptors (Lipinski definition) is 4. The minimum atomic E-state index is -3.05. The van der Waals surface area contributed by atoms with Gasteiger partial charge in [-0.15, -0.1) is 0 Å². The van der Waals surface area contributed by atoms with E-state index in [0.717, 1.165) is 44.9 Å². The second-order valence-electron chi connectivity index (χ2n) is 6.22. The molecule has 1 atom stereocenters. The first-order chi connectivity index (χ1) is 9.59. The molecule has 2 heterocycles. The van der Waals surface area contributed by atoms with Gasteiger partial charge in [0.1, 0.15) is 0 Å². The van der Waals surface area contributed by atoms with Crippen LogP contribution in [0.3, 0.4) is 0 Å². The molecule has 0 aromatic heterocycles. The largest absolute Gasteiger partial charge is 0.316 e. The fraction of sp³-hybridized carbons (Fsp3) is 1.00. The summed E-state index contributed by atoms with van der Waals surface area (Å²) < 4.78 is 26.4. The lowest BCUT2D eigenvalue weighted by Crippen LogP contribution is -2.47. The smallest absolute Gasteiger partial charge is 0.211 e. The van der Waals surface area contributed by atoms with Crippen molar-refractivity contribution < 1.29 is 8.42 Å². The summed E-state index contributed by atoms with van der Waals surface area (Å²) in [6, 6.07) is 0.146. The van der Waals surface area contributed by atoms with Gasteiger partial charge in [0.25, 0.3) is 0 Å². The molecule has 5 nitrogen and oxygen atoms in total. The number of nitrogens with one attached hydrogen (secondary N) is 2. The highest BCUT2D eigenvalue weighted by Gasteiger charge is 2.25.